The van der Waals surface area contributed by atoms with Gasteiger partial charge < -0.3 is 19.9 Å². The van der Waals surface area contributed by atoms with Crippen molar-refractivity contribution in [1.29, 1.82) is 0 Å². The van der Waals surface area contributed by atoms with Gasteiger partial charge in [-0.1, -0.05) is 44.2 Å². The molecule has 0 spiro atoms. The summed E-state index contributed by atoms with van der Waals surface area (Å²) in [6, 6.07) is 14.7. The molecule has 0 aromatic heterocycles. The van der Waals surface area contributed by atoms with Crippen LogP contribution in [0.4, 0.5) is 0 Å². The average molecular weight is 341 g/mol. The molecule has 0 radical (unpaired) electrons. The zero-order valence-corrected chi connectivity index (χ0v) is 15.2. The lowest BCUT2D eigenvalue weighted by Crippen LogP contribution is -2.28. The van der Waals surface area contributed by atoms with Crippen molar-refractivity contribution in [3.63, 3.8) is 0 Å². The minimum Gasteiger partial charge on any atom is -0.486 e. The van der Waals surface area contributed by atoms with Gasteiger partial charge in [0.25, 0.3) is 0 Å². The van der Waals surface area contributed by atoms with Crippen molar-refractivity contribution in [3.8, 4) is 11.5 Å². The smallest absolute Gasteiger partial charge is 0.161 e. The van der Waals surface area contributed by atoms with Crippen LogP contribution in [0.25, 0.3) is 0 Å². The first-order valence-corrected chi connectivity index (χ1v) is 8.93. The lowest BCUT2D eigenvalue weighted by atomic mass is 9.93. The second kappa shape index (κ2) is 7.89. The molecule has 0 bridgehead atoms. The van der Waals surface area contributed by atoms with Gasteiger partial charge in [-0.25, -0.2) is 0 Å². The fraction of sp³-hybridized carbons (Fsp3) is 0.429. The highest BCUT2D eigenvalue weighted by Crippen LogP contribution is 2.35. The Morgan fingerprint density at radius 3 is 2.44 bits per heavy atom. The third-order valence-electron chi connectivity index (χ3n) is 4.66. The molecule has 2 unspecified atom stereocenters. The normalized spacial score (nSPS) is 15.9. The average Bonchev–Trinajstić information content (AvgIpc) is 2.65. The number of benzene rings is 2. The number of rotatable bonds is 6. The van der Waals surface area contributed by atoms with E-state index in [0.29, 0.717) is 19.1 Å². The van der Waals surface area contributed by atoms with Crippen LogP contribution in [0, 0.1) is 5.92 Å². The topological polar surface area (TPSA) is 50.7 Å². The van der Waals surface area contributed by atoms with Crippen molar-refractivity contribution in [2.45, 2.75) is 39.5 Å². The Bertz CT molecular complexity index is 714. The first-order chi connectivity index (χ1) is 12.1. The van der Waals surface area contributed by atoms with Crippen molar-refractivity contribution in [3.05, 3.63) is 59.2 Å². The number of hydrogen-bond donors (Lipinski definition) is 2. The third kappa shape index (κ3) is 4.14. The molecular formula is C21H27NO3. The summed E-state index contributed by atoms with van der Waals surface area (Å²) in [5.41, 5.74) is 3.31. The van der Waals surface area contributed by atoms with Gasteiger partial charge in [0.2, 0.25) is 0 Å². The van der Waals surface area contributed by atoms with Crippen LogP contribution in [0.1, 0.15) is 49.5 Å². The van der Waals surface area contributed by atoms with Crippen LogP contribution in [0.15, 0.2) is 42.5 Å². The second-order valence-corrected chi connectivity index (χ2v) is 6.92. The number of aliphatic hydroxyl groups excluding tert-OH is 1. The Morgan fingerprint density at radius 1 is 0.960 bits per heavy atom. The predicted octanol–water partition coefficient (Wildman–Crippen LogP) is 4.00. The lowest BCUT2D eigenvalue weighted by molar-refractivity contribution is 0.171. The van der Waals surface area contributed by atoms with E-state index in [-0.39, 0.29) is 18.7 Å². The van der Waals surface area contributed by atoms with Crippen molar-refractivity contribution in [1.82, 2.24) is 5.32 Å². The van der Waals surface area contributed by atoms with Gasteiger partial charge in [0.05, 0.1) is 6.61 Å². The van der Waals surface area contributed by atoms with Crippen LogP contribution >= 0.6 is 0 Å². The van der Waals surface area contributed by atoms with E-state index < -0.39 is 0 Å². The molecule has 0 fully saturated rings. The Hall–Kier alpha value is -2.04. The summed E-state index contributed by atoms with van der Waals surface area (Å²) in [6.07, 6.45) is 0. The number of aliphatic hydroxyl groups is 1. The highest BCUT2D eigenvalue weighted by atomic mass is 16.6. The molecule has 2 aromatic carbocycles. The summed E-state index contributed by atoms with van der Waals surface area (Å²) in [5, 5.41) is 13.1. The summed E-state index contributed by atoms with van der Waals surface area (Å²) in [5.74, 6) is 2.07. The van der Waals surface area contributed by atoms with Gasteiger partial charge >= 0.3 is 0 Å². The molecule has 4 heteroatoms. The molecular weight excluding hydrogens is 314 g/mol. The molecule has 0 saturated heterocycles. The van der Waals surface area contributed by atoms with Gasteiger partial charge in [-0.3, -0.25) is 0 Å². The standard InChI is InChI=1S/C21H27NO3/c1-14(2)21(18-7-8-19-20(12-18)25-10-9-24-19)22-15(3)17-6-4-5-16(11-17)13-23/h4-8,11-12,14-15,21-23H,9-10,13H2,1-3H3. The van der Waals surface area contributed by atoms with E-state index in [1.165, 1.54) is 11.1 Å². The summed E-state index contributed by atoms with van der Waals surface area (Å²) in [4.78, 5) is 0. The largest absolute Gasteiger partial charge is 0.486 e. The lowest BCUT2D eigenvalue weighted by Gasteiger charge is -2.28. The molecule has 25 heavy (non-hydrogen) atoms. The SMILES string of the molecule is CC(NC(c1ccc2c(c1)OCCO2)C(C)C)c1cccc(CO)c1. The van der Waals surface area contributed by atoms with Crippen LogP contribution in [0.2, 0.25) is 0 Å². The maximum Gasteiger partial charge on any atom is 0.161 e. The Labute approximate surface area is 149 Å². The maximum atomic E-state index is 9.36. The highest BCUT2D eigenvalue weighted by molar-refractivity contribution is 5.45. The van der Waals surface area contributed by atoms with Crippen molar-refractivity contribution < 1.29 is 14.6 Å². The zero-order valence-electron chi connectivity index (χ0n) is 15.2. The second-order valence-electron chi connectivity index (χ2n) is 6.92. The van der Waals surface area contributed by atoms with Crippen LogP contribution in [0.3, 0.4) is 0 Å². The minimum absolute atomic E-state index is 0.0658. The van der Waals surface area contributed by atoms with E-state index >= 15 is 0 Å². The molecule has 4 nitrogen and oxygen atoms in total. The number of hydrogen-bond acceptors (Lipinski definition) is 4. The van der Waals surface area contributed by atoms with E-state index in [9.17, 15) is 5.11 Å². The Morgan fingerprint density at radius 2 is 1.72 bits per heavy atom. The number of ether oxygens (including phenoxy) is 2. The van der Waals surface area contributed by atoms with Crippen LogP contribution in [-0.4, -0.2) is 18.3 Å². The van der Waals surface area contributed by atoms with Crippen molar-refractivity contribution >= 4 is 0 Å². The summed E-state index contributed by atoms with van der Waals surface area (Å²) in [6.45, 7) is 7.86. The van der Waals surface area contributed by atoms with E-state index in [4.69, 9.17) is 9.47 Å². The molecule has 0 aliphatic carbocycles. The Balaban J connectivity index is 1.81. The van der Waals surface area contributed by atoms with Crippen LogP contribution in [0.5, 0.6) is 11.5 Å². The van der Waals surface area contributed by atoms with Gasteiger partial charge in [0.15, 0.2) is 11.5 Å². The van der Waals surface area contributed by atoms with Gasteiger partial charge in [-0.2, -0.15) is 0 Å². The van der Waals surface area contributed by atoms with Gasteiger partial charge in [0.1, 0.15) is 13.2 Å². The van der Waals surface area contributed by atoms with E-state index in [0.717, 1.165) is 17.1 Å². The predicted molar refractivity (Wildman–Crippen MR) is 98.9 cm³/mol. The van der Waals surface area contributed by atoms with Gasteiger partial charge in [-0.05, 0) is 41.7 Å². The van der Waals surface area contributed by atoms with E-state index in [1.54, 1.807) is 0 Å². The first kappa shape index (κ1) is 17.8. The molecule has 2 atom stereocenters. The fourth-order valence-electron chi connectivity index (χ4n) is 3.25. The minimum atomic E-state index is 0.0658. The van der Waals surface area contributed by atoms with Crippen LogP contribution in [-0.2, 0) is 6.61 Å². The number of fused-ring (bicyclic) bond motifs is 1. The zero-order chi connectivity index (χ0) is 17.8. The molecule has 0 saturated carbocycles. The molecule has 2 aromatic rings. The molecule has 1 heterocycles. The quantitative estimate of drug-likeness (QED) is 0.834. The molecule has 3 rings (SSSR count). The third-order valence-corrected chi connectivity index (χ3v) is 4.66. The van der Waals surface area contributed by atoms with E-state index in [2.05, 4.69) is 50.4 Å². The maximum absolute atomic E-state index is 9.36. The molecule has 1 aliphatic rings. The van der Waals surface area contributed by atoms with Crippen molar-refractivity contribution in [2.75, 3.05) is 13.2 Å². The van der Waals surface area contributed by atoms with Gasteiger partial charge in [0, 0.05) is 12.1 Å². The number of nitrogens with one attached hydrogen (secondary N) is 1. The molecule has 1 aliphatic heterocycles. The Kier molecular flexibility index (Phi) is 5.61. The first-order valence-electron chi connectivity index (χ1n) is 8.93. The van der Waals surface area contributed by atoms with E-state index in [1.807, 2.05) is 18.2 Å². The summed E-state index contributed by atoms with van der Waals surface area (Å²) < 4.78 is 11.4. The molecule has 2 N–H and O–H groups in total. The molecule has 134 valence electrons. The fourth-order valence-corrected chi connectivity index (χ4v) is 3.25. The summed E-state index contributed by atoms with van der Waals surface area (Å²) in [7, 11) is 0. The monoisotopic (exact) mass is 341 g/mol. The summed E-state index contributed by atoms with van der Waals surface area (Å²) >= 11 is 0. The van der Waals surface area contributed by atoms with Crippen molar-refractivity contribution in [2.24, 2.45) is 5.92 Å². The van der Waals surface area contributed by atoms with Crippen LogP contribution < -0.4 is 14.8 Å². The molecule has 0 amide bonds. The highest BCUT2D eigenvalue weighted by Gasteiger charge is 2.21. The van der Waals surface area contributed by atoms with Gasteiger partial charge in [-0.15, -0.1) is 0 Å².